The van der Waals surface area contributed by atoms with Crippen molar-refractivity contribution in [2.24, 2.45) is 0 Å². The summed E-state index contributed by atoms with van der Waals surface area (Å²) in [5.41, 5.74) is 0.158. The molecular formula is C7H8NNaO3. The molecule has 4 nitrogen and oxygen atoms in total. The Morgan fingerprint density at radius 1 is 1.58 bits per heavy atom. The van der Waals surface area contributed by atoms with Crippen molar-refractivity contribution < 1.29 is 14.6 Å². The second kappa shape index (κ2) is 5.13. The summed E-state index contributed by atoms with van der Waals surface area (Å²) in [6, 6.07) is 2.94. The van der Waals surface area contributed by atoms with E-state index in [0.717, 1.165) is 0 Å². The molecular weight excluding hydrogens is 169 g/mol. The predicted octanol–water partition coefficient (Wildman–Crippen LogP) is 0.140. The van der Waals surface area contributed by atoms with Crippen LogP contribution in [0.1, 0.15) is 10.4 Å². The second-order valence-electron chi connectivity index (χ2n) is 1.89. The number of methoxy groups -OCH3 is 1. The molecule has 1 heterocycles. The third-order valence-corrected chi connectivity index (χ3v) is 1.19. The van der Waals surface area contributed by atoms with Gasteiger partial charge in [-0.3, -0.25) is 0 Å². The Balaban J connectivity index is 0.00000121. The molecule has 0 aliphatic heterocycles. The molecule has 0 bridgehead atoms. The average Bonchev–Trinajstić information content (AvgIpc) is 2.05. The Hall–Kier alpha value is -0.580. The van der Waals surface area contributed by atoms with E-state index in [1.807, 2.05) is 0 Å². The summed E-state index contributed by atoms with van der Waals surface area (Å²) in [5.74, 6) is -0.574. The van der Waals surface area contributed by atoms with Gasteiger partial charge < -0.3 is 9.84 Å². The molecule has 1 aromatic rings. The molecule has 60 valence electrons. The number of hydrogen-bond acceptors (Lipinski definition) is 3. The van der Waals surface area contributed by atoms with Crippen LogP contribution in [0.5, 0.6) is 5.88 Å². The normalized spacial score (nSPS) is 8.42. The molecule has 5 heteroatoms. The van der Waals surface area contributed by atoms with E-state index < -0.39 is 5.97 Å². The van der Waals surface area contributed by atoms with Gasteiger partial charge in [0, 0.05) is 12.3 Å². The van der Waals surface area contributed by atoms with Gasteiger partial charge in [-0.15, -0.1) is 0 Å². The molecule has 0 fully saturated rings. The number of nitrogens with zero attached hydrogens (tertiary/aromatic N) is 1. The van der Waals surface area contributed by atoms with E-state index in [1.165, 1.54) is 25.4 Å². The molecule has 0 aromatic carbocycles. The number of carboxylic acids is 1. The van der Waals surface area contributed by atoms with Gasteiger partial charge in [0.1, 0.15) is 0 Å². The molecule has 1 aromatic heterocycles. The zero-order valence-corrected chi connectivity index (χ0v) is 5.94. The summed E-state index contributed by atoms with van der Waals surface area (Å²) in [6.45, 7) is 0. The second-order valence-corrected chi connectivity index (χ2v) is 1.89. The molecule has 0 aliphatic carbocycles. The van der Waals surface area contributed by atoms with Gasteiger partial charge in [-0.2, -0.15) is 0 Å². The van der Waals surface area contributed by atoms with Crippen molar-refractivity contribution in [2.45, 2.75) is 0 Å². The molecule has 0 saturated heterocycles. The first-order valence-electron chi connectivity index (χ1n) is 2.97. The molecule has 0 spiro atoms. The fourth-order valence-electron chi connectivity index (χ4n) is 0.628. The van der Waals surface area contributed by atoms with Crippen LogP contribution in [0.3, 0.4) is 0 Å². The van der Waals surface area contributed by atoms with Crippen molar-refractivity contribution in [2.75, 3.05) is 7.11 Å². The maximum absolute atomic E-state index is 10.3. The van der Waals surface area contributed by atoms with E-state index >= 15 is 0 Å². The number of rotatable bonds is 2. The molecule has 0 unspecified atom stereocenters. The van der Waals surface area contributed by atoms with Gasteiger partial charge in [0.25, 0.3) is 0 Å². The van der Waals surface area contributed by atoms with Crippen molar-refractivity contribution in [3.8, 4) is 5.88 Å². The predicted molar refractivity (Wildman–Crippen MR) is 44.9 cm³/mol. The van der Waals surface area contributed by atoms with E-state index in [0.29, 0.717) is 5.88 Å². The quantitative estimate of drug-likeness (QED) is 0.653. The molecule has 12 heavy (non-hydrogen) atoms. The summed E-state index contributed by atoms with van der Waals surface area (Å²) < 4.78 is 4.74. The van der Waals surface area contributed by atoms with Crippen LogP contribution in [0.25, 0.3) is 0 Å². The first kappa shape index (κ1) is 11.4. The van der Waals surface area contributed by atoms with Crippen LogP contribution in [-0.4, -0.2) is 52.7 Å². The summed E-state index contributed by atoms with van der Waals surface area (Å²) in [5, 5.41) is 8.47. The van der Waals surface area contributed by atoms with Crippen molar-refractivity contribution in [1.82, 2.24) is 4.98 Å². The number of carbonyl (C=O) groups is 1. The summed E-state index contributed by atoms with van der Waals surface area (Å²) in [4.78, 5) is 14.0. The molecule has 1 N–H and O–H groups in total. The molecule has 0 atom stereocenters. The SMILES string of the molecule is COc1ccc(C(=O)O)cn1.[NaH]. The average molecular weight is 177 g/mol. The van der Waals surface area contributed by atoms with Gasteiger partial charge in [0.15, 0.2) is 0 Å². The van der Waals surface area contributed by atoms with Crippen LogP contribution in [0.15, 0.2) is 18.3 Å². The van der Waals surface area contributed by atoms with Crippen LogP contribution in [0.4, 0.5) is 0 Å². The van der Waals surface area contributed by atoms with Crippen LogP contribution in [0, 0.1) is 0 Å². The van der Waals surface area contributed by atoms with Crippen molar-refractivity contribution in [1.29, 1.82) is 0 Å². The number of carboxylic acid groups (broad SMARTS) is 1. The van der Waals surface area contributed by atoms with E-state index in [4.69, 9.17) is 9.84 Å². The number of aromatic nitrogens is 1. The van der Waals surface area contributed by atoms with Crippen LogP contribution in [-0.2, 0) is 0 Å². The monoisotopic (exact) mass is 177 g/mol. The first-order chi connectivity index (χ1) is 5.24. The Morgan fingerprint density at radius 2 is 2.25 bits per heavy atom. The van der Waals surface area contributed by atoms with Crippen molar-refractivity contribution in [3.05, 3.63) is 23.9 Å². The fourth-order valence-corrected chi connectivity index (χ4v) is 0.628. The molecule has 0 amide bonds. The summed E-state index contributed by atoms with van der Waals surface area (Å²) in [7, 11) is 1.47. The Labute approximate surface area is 91.9 Å². The molecule has 1 rings (SSSR count). The zero-order valence-electron chi connectivity index (χ0n) is 5.94. The fraction of sp³-hybridized carbons (Fsp3) is 0.143. The van der Waals surface area contributed by atoms with E-state index in [-0.39, 0.29) is 35.1 Å². The van der Waals surface area contributed by atoms with Gasteiger partial charge in [-0.1, -0.05) is 0 Å². The third-order valence-electron chi connectivity index (χ3n) is 1.19. The number of aromatic carboxylic acids is 1. The Bertz CT molecular complexity index is 260. The van der Waals surface area contributed by atoms with Crippen LogP contribution in [0.2, 0.25) is 0 Å². The van der Waals surface area contributed by atoms with E-state index in [1.54, 1.807) is 0 Å². The third kappa shape index (κ3) is 2.81. The zero-order chi connectivity index (χ0) is 8.27. The number of ether oxygens (including phenoxy) is 1. The van der Waals surface area contributed by atoms with E-state index in [9.17, 15) is 4.79 Å². The van der Waals surface area contributed by atoms with Gasteiger partial charge in [0.2, 0.25) is 5.88 Å². The van der Waals surface area contributed by atoms with Crippen molar-refractivity contribution >= 4 is 35.5 Å². The molecule has 0 aliphatic rings. The van der Waals surface area contributed by atoms with Gasteiger partial charge in [0.05, 0.1) is 12.7 Å². The minimum absolute atomic E-state index is 0. The van der Waals surface area contributed by atoms with E-state index in [2.05, 4.69) is 4.98 Å². The molecule has 0 saturated carbocycles. The standard InChI is InChI=1S/C7H7NO3.Na.H/c1-11-6-3-2-5(4-8-6)7(9)10;;/h2-4H,1H3,(H,9,10);;. The Morgan fingerprint density at radius 3 is 2.58 bits per heavy atom. The maximum atomic E-state index is 10.3. The van der Waals surface area contributed by atoms with Crippen LogP contribution >= 0.6 is 0 Å². The van der Waals surface area contributed by atoms with Gasteiger partial charge >= 0.3 is 35.5 Å². The van der Waals surface area contributed by atoms with Crippen LogP contribution < -0.4 is 4.74 Å². The van der Waals surface area contributed by atoms with Gasteiger partial charge in [-0.25, -0.2) is 9.78 Å². The van der Waals surface area contributed by atoms with Gasteiger partial charge in [-0.05, 0) is 6.07 Å². The summed E-state index contributed by atoms with van der Waals surface area (Å²) >= 11 is 0. The topological polar surface area (TPSA) is 59.4 Å². The minimum atomic E-state index is -0.986. The number of pyridine rings is 1. The Kier molecular flexibility index (Phi) is 4.89. The summed E-state index contributed by atoms with van der Waals surface area (Å²) in [6.07, 6.45) is 1.25. The van der Waals surface area contributed by atoms with Crippen molar-refractivity contribution in [3.63, 3.8) is 0 Å². The molecule has 0 radical (unpaired) electrons. The first-order valence-corrected chi connectivity index (χ1v) is 2.97. The number of hydrogen-bond donors (Lipinski definition) is 1.